The molecule has 10 heteroatoms. The van der Waals surface area contributed by atoms with Gasteiger partial charge in [-0.15, -0.1) is 0 Å². The van der Waals surface area contributed by atoms with Crippen molar-refractivity contribution in [2.45, 2.75) is 16.2 Å². The molecule has 0 aliphatic carbocycles. The molecule has 1 aromatic rings. The number of anilines is 1. The topological polar surface area (TPSA) is 46.2 Å². The van der Waals surface area contributed by atoms with Gasteiger partial charge in [0.05, 0.1) is 4.90 Å². The summed E-state index contributed by atoms with van der Waals surface area (Å²) in [5.74, 6) is -3.73. The molecule has 0 fully saturated rings. The van der Waals surface area contributed by atoms with Gasteiger partial charge in [-0.1, -0.05) is 0 Å². The second-order valence-corrected chi connectivity index (χ2v) is 6.63. The van der Waals surface area contributed by atoms with E-state index < -0.39 is 26.0 Å². The molecule has 0 heterocycles. The third kappa shape index (κ3) is 5.16. The van der Waals surface area contributed by atoms with Crippen LogP contribution in [0.3, 0.4) is 0 Å². The van der Waals surface area contributed by atoms with E-state index in [1.165, 1.54) is 12.1 Å². The highest BCUT2D eigenvalue weighted by Crippen LogP contribution is 2.29. The van der Waals surface area contributed by atoms with Gasteiger partial charge in [0.15, 0.2) is 0 Å². The van der Waals surface area contributed by atoms with Gasteiger partial charge in [0.25, 0.3) is 0 Å². The Morgan fingerprint density at radius 1 is 1.15 bits per heavy atom. The molecule has 1 rings (SSSR count). The molecule has 1 N–H and O–H groups in total. The van der Waals surface area contributed by atoms with E-state index in [4.69, 9.17) is 0 Å². The van der Waals surface area contributed by atoms with Crippen LogP contribution in [-0.4, -0.2) is 32.0 Å². The molecule has 0 bridgehead atoms. The Morgan fingerprint density at radius 3 is 2.15 bits per heavy atom. The van der Waals surface area contributed by atoms with E-state index in [-0.39, 0.29) is 24.1 Å². The maximum Gasteiger partial charge on any atom is 0.441 e. The molecule has 0 amide bonds. The summed E-state index contributed by atoms with van der Waals surface area (Å²) in [6.07, 6.45) is 0. The third-order valence-electron chi connectivity index (χ3n) is 2.11. The van der Waals surface area contributed by atoms with E-state index in [9.17, 15) is 30.4 Å². The molecule has 0 radical (unpaired) electrons. The average molecular weight is 335 g/mol. The van der Waals surface area contributed by atoms with Crippen molar-refractivity contribution in [3.63, 3.8) is 0 Å². The third-order valence-corrected chi connectivity index (χ3v) is 4.25. The van der Waals surface area contributed by atoms with Crippen LogP contribution in [0.25, 0.3) is 0 Å². The van der Waals surface area contributed by atoms with Crippen molar-refractivity contribution in [1.29, 1.82) is 0 Å². The van der Waals surface area contributed by atoms with Crippen molar-refractivity contribution < 1.29 is 30.4 Å². The molecule has 3 nitrogen and oxygen atoms in total. The van der Waals surface area contributed by atoms with E-state index in [0.29, 0.717) is 5.69 Å². The fraction of sp³-hybridized carbons (Fsp3) is 0.400. The summed E-state index contributed by atoms with van der Waals surface area (Å²) < 4.78 is 82.2. The zero-order chi connectivity index (χ0) is 15.4. The van der Waals surface area contributed by atoms with Crippen molar-refractivity contribution in [2.24, 2.45) is 0 Å². The summed E-state index contributed by atoms with van der Waals surface area (Å²) in [7, 11) is -4.65. The average Bonchev–Trinajstić information content (AvgIpc) is 2.34. The number of alkyl halides is 5. The Hall–Kier alpha value is -1.03. The molecule has 0 saturated heterocycles. The first-order valence-corrected chi connectivity index (χ1v) is 7.73. The number of sulfone groups is 1. The Kier molecular flexibility index (Phi) is 5.63. The van der Waals surface area contributed by atoms with Crippen molar-refractivity contribution in [1.82, 2.24) is 0 Å². The van der Waals surface area contributed by atoms with E-state index in [1.807, 2.05) is 0 Å². The van der Waals surface area contributed by atoms with Gasteiger partial charge in [0.2, 0.25) is 9.84 Å². The van der Waals surface area contributed by atoms with Gasteiger partial charge < -0.3 is 5.32 Å². The monoisotopic (exact) mass is 335 g/mol. The Morgan fingerprint density at radius 2 is 1.70 bits per heavy atom. The minimum Gasteiger partial charge on any atom is -0.384 e. The van der Waals surface area contributed by atoms with Gasteiger partial charge in [0, 0.05) is 18.0 Å². The lowest BCUT2D eigenvalue weighted by molar-refractivity contribution is -0.0327. The van der Waals surface area contributed by atoms with Crippen LogP contribution in [0.5, 0.6) is 0 Å². The fourth-order valence-electron chi connectivity index (χ4n) is 1.23. The summed E-state index contributed by atoms with van der Waals surface area (Å²) in [6.45, 7) is 0.00508. The second-order valence-electron chi connectivity index (χ2n) is 3.55. The maximum atomic E-state index is 12.2. The molecular formula is C10H10F5NO2S2. The van der Waals surface area contributed by atoms with E-state index in [2.05, 4.69) is 5.32 Å². The SMILES string of the molecule is O=S(=O)(c1ccc(NCCSC(F)(F)F)cc1)C(F)F. The number of hydrogen-bond acceptors (Lipinski definition) is 4. The molecular weight excluding hydrogens is 325 g/mol. The van der Waals surface area contributed by atoms with E-state index in [0.717, 1.165) is 12.1 Å². The summed E-state index contributed by atoms with van der Waals surface area (Å²) in [6, 6.07) is 4.38. The van der Waals surface area contributed by atoms with Gasteiger partial charge >= 0.3 is 11.3 Å². The molecule has 0 atom stereocenters. The second kappa shape index (κ2) is 6.61. The fourth-order valence-corrected chi connectivity index (χ4v) is 2.38. The highest BCUT2D eigenvalue weighted by molar-refractivity contribution is 8.00. The van der Waals surface area contributed by atoms with Crippen molar-refractivity contribution in [3.8, 4) is 0 Å². The van der Waals surface area contributed by atoms with Crippen LogP contribution in [0.15, 0.2) is 29.2 Å². The first-order valence-electron chi connectivity index (χ1n) is 5.19. The van der Waals surface area contributed by atoms with Gasteiger partial charge in [-0.05, 0) is 36.0 Å². The highest BCUT2D eigenvalue weighted by atomic mass is 32.2. The lowest BCUT2D eigenvalue weighted by Crippen LogP contribution is -2.12. The van der Waals surface area contributed by atoms with Crippen LogP contribution >= 0.6 is 11.8 Å². The Bertz CT molecular complexity index is 528. The quantitative estimate of drug-likeness (QED) is 0.640. The lowest BCUT2D eigenvalue weighted by atomic mass is 10.3. The summed E-state index contributed by atoms with van der Waals surface area (Å²) >= 11 is -0.193. The Balaban J connectivity index is 2.56. The van der Waals surface area contributed by atoms with Crippen LogP contribution in [-0.2, 0) is 9.84 Å². The van der Waals surface area contributed by atoms with E-state index in [1.54, 1.807) is 0 Å². The zero-order valence-corrected chi connectivity index (χ0v) is 11.5. The van der Waals surface area contributed by atoms with Crippen LogP contribution in [0.1, 0.15) is 0 Å². The van der Waals surface area contributed by atoms with Crippen molar-refractivity contribution in [3.05, 3.63) is 24.3 Å². The largest absolute Gasteiger partial charge is 0.441 e. The molecule has 0 aliphatic rings. The smallest absolute Gasteiger partial charge is 0.384 e. The standard InChI is InChI=1S/C10H10F5NO2S2/c11-9(12)20(17,18)8-3-1-7(2-4-8)16-5-6-19-10(13,14)15/h1-4,9,16H,5-6H2. The van der Waals surface area contributed by atoms with Crippen LogP contribution in [0, 0.1) is 0 Å². The summed E-state index contributed by atoms with van der Waals surface area (Å²) in [4.78, 5) is -0.539. The minimum absolute atomic E-state index is 0.00508. The normalized spacial score (nSPS) is 12.7. The molecule has 0 aromatic heterocycles. The number of hydrogen-bond donors (Lipinski definition) is 1. The first-order chi connectivity index (χ1) is 9.13. The molecule has 0 spiro atoms. The van der Waals surface area contributed by atoms with Gasteiger partial charge in [0.1, 0.15) is 0 Å². The number of nitrogens with one attached hydrogen (secondary N) is 1. The molecule has 1 aromatic carbocycles. The van der Waals surface area contributed by atoms with Gasteiger partial charge in [-0.25, -0.2) is 8.42 Å². The molecule has 20 heavy (non-hydrogen) atoms. The molecule has 0 unspecified atom stereocenters. The van der Waals surface area contributed by atoms with Gasteiger partial charge in [-0.3, -0.25) is 0 Å². The zero-order valence-electron chi connectivity index (χ0n) is 9.82. The van der Waals surface area contributed by atoms with Crippen LogP contribution < -0.4 is 5.32 Å². The van der Waals surface area contributed by atoms with Crippen LogP contribution in [0.2, 0.25) is 0 Å². The first kappa shape index (κ1) is 17.0. The number of thioether (sulfide) groups is 1. The summed E-state index contributed by atoms with van der Waals surface area (Å²) in [5, 5.41) is 2.62. The number of rotatable bonds is 6. The number of halogens is 5. The van der Waals surface area contributed by atoms with E-state index >= 15 is 0 Å². The maximum absolute atomic E-state index is 12.2. The van der Waals surface area contributed by atoms with Crippen molar-refractivity contribution >= 4 is 27.3 Å². The highest BCUT2D eigenvalue weighted by Gasteiger charge is 2.27. The lowest BCUT2D eigenvalue weighted by Gasteiger charge is -2.09. The molecule has 0 aliphatic heterocycles. The van der Waals surface area contributed by atoms with Crippen molar-refractivity contribution in [2.75, 3.05) is 17.6 Å². The minimum atomic E-state index is -4.65. The van der Waals surface area contributed by atoms with Crippen LogP contribution in [0.4, 0.5) is 27.6 Å². The predicted octanol–water partition coefficient (Wildman–Crippen LogP) is 3.35. The van der Waals surface area contributed by atoms with Gasteiger partial charge in [-0.2, -0.15) is 22.0 Å². The molecule has 0 saturated carbocycles. The molecule has 114 valence electrons. The number of benzene rings is 1. The predicted molar refractivity (Wildman–Crippen MR) is 66.6 cm³/mol. The Labute approximate surface area is 116 Å². The summed E-state index contributed by atoms with van der Waals surface area (Å²) in [5.41, 5.74) is -3.96.